The molecule has 0 aliphatic rings. The van der Waals surface area contributed by atoms with Crippen molar-refractivity contribution in [2.45, 2.75) is 27.3 Å². The predicted octanol–water partition coefficient (Wildman–Crippen LogP) is 2.55. The van der Waals surface area contributed by atoms with Gasteiger partial charge in [-0.05, 0) is 32.1 Å². The fourth-order valence-electron chi connectivity index (χ4n) is 2.61. The molecule has 7 heteroatoms. The highest BCUT2D eigenvalue weighted by Crippen LogP contribution is 2.18. The van der Waals surface area contributed by atoms with Gasteiger partial charge in [0.05, 0.1) is 0 Å². The number of hydrogen-bond donors (Lipinski definition) is 2. The van der Waals surface area contributed by atoms with E-state index in [9.17, 15) is 14.3 Å². The molecule has 25 heavy (non-hydrogen) atoms. The second-order valence-corrected chi connectivity index (χ2v) is 5.97. The van der Waals surface area contributed by atoms with E-state index in [0.717, 1.165) is 24.8 Å². The van der Waals surface area contributed by atoms with E-state index in [-0.39, 0.29) is 18.2 Å². The molecule has 1 amide bonds. The van der Waals surface area contributed by atoms with Crippen LogP contribution in [0.4, 0.5) is 4.39 Å². The summed E-state index contributed by atoms with van der Waals surface area (Å²) in [5.41, 5.74) is 1.47. The first-order valence-corrected chi connectivity index (χ1v) is 8.45. The van der Waals surface area contributed by atoms with E-state index in [2.05, 4.69) is 28.9 Å². The van der Waals surface area contributed by atoms with E-state index >= 15 is 0 Å². The fraction of sp³-hybridized carbons (Fsp3) is 0.444. The molecule has 0 saturated heterocycles. The van der Waals surface area contributed by atoms with Crippen molar-refractivity contribution in [2.75, 3.05) is 26.2 Å². The molecule has 0 spiro atoms. The number of phenols is 1. The number of phenolic OH excluding ortho intramolecular Hbond substituents is 1. The van der Waals surface area contributed by atoms with E-state index in [0.29, 0.717) is 24.3 Å². The van der Waals surface area contributed by atoms with Gasteiger partial charge < -0.3 is 14.9 Å². The first-order chi connectivity index (χ1) is 11.9. The molecule has 0 bridgehead atoms. The Kier molecular flexibility index (Phi) is 6.52. The number of aromatic hydroxyl groups is 1. The largest absolute Gasteiger partial charge is 0.508 e. The number of aromatic amines is 1. The Morgan fingerprint density at radius 2 is 1.96 bits per heavy atom. The van der Waals surface area contributed by atoms with Crippen LogP contribution in [0.3, 0.4) is 0 Å². The summed E-state index contributed by atoms with van der Waals surface area (Å²) < 4.78 is 14.1. The second kappa shape index (κ2) is 8.62. The lowest BCUT2D eigenvalue weighted by atomic mass is 10.1. The molecule has 136 valence electrons. The monoisotopic (exact) mass is 348 g/mol. The summed E-state index contributed by atoms with van der Waals surface area (Å²) in [6.07, 6.45) is 0. The van der Waals surface area contributed by atoms with E-state index in [4.69, 9.17) is 0 Å². The lowest BCUT2D eigenvalue weighted by Gasteiger charge is -2.26. The average molecular weight is 348 g/mol. The van der Waals surface area contributed by atoms with Crippen LogP contribution in [-0.4, -0.2) is 57.2 Å². The Bertz CT molecular complexity index is 713. The van der Waals surface area contributed by atoms with Crippen molar-refractivity contribution in [2.24, 2.45) is 0 Å². The molecular formula is C18H25FN4O2. The molecule has 2 aromatic rings. The molecule has 1 heterocycles. The summed E-state index contributed by atoms with van der Waals surface area (Å²) in [5, 5.41) is 16.1. The maximum atomic E-state index is 14.1. The third kappa shape index (κ3) is 5.03. The minimum absolute atomic E-state index is 0.123. The number of benzene rings is 1. The van der Waals surface area contributed by atoms with Crippen LogP contribution in [0, 0.1) is 12.7 Å². The zero-order valence-corrected chi connectivity index (χ0v) is 14.9. The molecule has 0 aliphatic carbocycles. The lowest BCUT2D eigenvalue weighted by Crippen LogP contribution is -2.38. The van der Waals surface area contributed by atoms with E-state index < -0.39 is 5.82 Å². The Hall–Kier alpha value is -2.41. The van der Waals surface area contributed by atoms with Gasteiger partial charge in [0, 0.05) is 37.0 Å². The van der Waals surface area contributed by atoms with Gasteiger partial charge in [-0.25, -0.2) is 4.39 Å². The zero-order chi connectivity index (χ0) is 18.4. The van der Waals surface area contributed by atoms with Crippen LogP contribution < -0.4 is 0 Å². The molecule has 6 nitrogen and oxygen atoms in total. The maximum Gasteiger partial charge on any atom is 0.274 e. The molecule has 0 fully saturated rings. The quantitative estimate of drug-likeness (QED) is 0.769. The zero-order valence-electron chi connectivity index (χ0n) is 14.9. The second-order valence-electron chi connectivity index (χ2n) is 5.97. The third-order valence-electron chi connectivity index (χ3n) is 4.19. The molecule has 0 saturated carbocycles. The summed E-state index contributed by atoms with van der Waals surface area (Å²) in [7, 11) is 0. The first-order valence-electron chi connectivity index (χ1n) is 8.45. The van der Waals surface area contributed by atoms with E-state index in [1.807, 2.05) is 6.92 Å². The van der Waals surface area contributed by atoms with Crippen molar-refractivity contribution in [3.8, 4) is 5.75 Å². The third-order valence-corrected chi connectivity index (χ3v) is 4.19. The minimum atomic E-state index is -0.529. The van der Waals surface area contributed by atoms with Gasteiger partial charge in [-0.15, -0.1) is 0 Å². The van der Waals surface area contributed by atoms with Crippen LogP contribution in [0.25, 0.3) is 0 Å². The molecule has 0 unspecified atom stereocenters. The van der Waals surface area contributed by atoms with Crippen molar-refractivity contribution in [1.29, 1.82) is 0 Å². The van der Waals surface area contributed by atoms with Crippen LogP contribution in [-0.2, 0) is 6.54 Å². The highest BCUT2D eigenvalue weighted by Gasteiger charge is 2.20. The first kappa shape index (κ1) is 18.9. The number of likely N-dealkylation sites (N-methyl/N-ethyl adjacent to an activating group) is 1. The Balaban J connectivity index is 2.19. The van der Waals surface area contributed by atoms with Gasteiger partial charge in [-0.3, -0.25) is 9.89 Å². The van der Waals surface area contributed by atoms with E-state index in [1.54, 1.807) is 11.0 Å². The number of amides is 1. The molecule has 0 aliphatic heterocycles. The molecular weight excluding hydrogens is 323 g/mol. The number of carbonyl (C=O) groups excluding carboxylic acids is 1. The number of hydrogen-bond acceptors (Lipinski definition) is 4. The number of carbonyl (C=O) groups is 1. The number of nitrogens with zero attached hydrogens (tertiary/aromatic N) is 3. The summed E-state index contributed by atoms with van der Waals surface area (Å²) in [6, 6.07) is 5.66. The van der Waals surface area contributed by atoms with Crippen molar-refractivity contribution < 1.29 is 14.3 Å². The van der Waals surface area contributed by atoms with Crippen LogP contribution in [0.1, 0.15) is 35.6 Å². The molecule has 0 atom stereocenters. The number of rotatable bonds is 8. The van der Waals surface area contributed by atoms with Gasteiger partial charge in [-0.1, -0.05) is 19.9 Å². The fourth-order valence-corrected chi connectivity index (χ4v) is 2.61. The molecule has 0 radical (unpaired) electrons. The van der Waals surface area contributed by atoms with Crippen molar-refractivity contribution >= 4 is 5.91 Å². The van der Waals surface area contributed by atoms with Crippen LogP contribution in [0.15, 0.2) is 24.3 Å². The van der Waals surface area contributed by atoms with Crippen LogP contribution in [0.2, 0.25) is 0 Å². The minimum Gasteiger partial charge on any atom is -0.508 e. The van der Waals surface area contributed by atoms with Crippen LogP contribution >= 0.6 is 0 Å². The van der Waals surface area contributed by atoms with Gasteiger partial charge in [0.1, 0.15) is 17.3 Å². The van der Waals surface area contributed by atoms with E-state index in [1.165, 1.54) is 12.1 Å². The lowest BCUT2D eigenvalue weighted by molar-refractivity contribution is 0.0716. The SMILES string of the molecule is CCN(CC)CCN(Cc1ccc(O)cc1F)C(=O)c1cc(C)[nH]n1. The highest BCUT2D eigenvalue weighted by molar-refractivity contribution is 5.92. The molecule has 1 aromatic heterocycles. The van der Waals surface area contributed by atoms with Gasteiger partial charge in [0.15, 0.2) is 0 Å². The number of halogens is 1. The molecule has 2 N–H and O–H groups in total. The Morgan fingerprint density at radius 1 is 1.24 bits per heavy atom. The maximum absolute atomic E-state index is 14.1. The molecule has 2 rings (SSSR count). The topological polar surface area (TPSA) is 72.5 Å². The summed E-state index contributed by atoms with van der Waals surface area (Å²) in [5.74, 6) is -0.909. The van der Waals surface area contributed by atoms with Gasteiger partial charge in [0.25, 0.3) is 5.91 Å². The summed E-state index contributed by atoms with van der Waals surface area (Å²) in [4.78, 5) is 16.6. The predicted molar refractivity (Wildman–Crippen MR) is 93.9 cm³/mol. The smallest absolute Gasteiger partial charge is 0.274 e. The average Bonchev–Trinajstić information content (AvgIpc) is 3.02. The van der Waals surface area contributed by atoms with Gasteiger partial charge in [-0.2, -0.15) is 5.10 Å². The van der Waals surface area contributed by atoms with Gasteiger partial charge >= 0.3 is 0 Å². The van der Waals surface area contributed by atoms with Crippen molar-refractivity contribution in [3.63, 3.8) is 0 Å². The molecule has 1 aromatic carbocycles. The number of aryl methyl sites for hydroxylation is 1. The summed E-state index contributed by atoms with van der Waals surface area (Å²) >= 11 is 0. The van der Waals surface area contributed by atoms with Crippen LogP contribution in [0.5, 0.6) is 5.75 Å². The normalized spacial score (nSPS) is 11.1. The Labute approximate surface area is 147 Å². The number of aromatic nitrogens is 2. The Morgan fingerprint density at radius 3 is 2.52 bits per heavy atom. The number of H-pyrrole nitrogens is 1. The van der Waals surface area contributed by atoms with Crippen molar-refractivity contribution in [3.05, 3.63) is 47.0 Å². The summed E-state index contributed by atoms with van der Waals surface area (Å²) in [6.45, 7) is 9.00. The highest BCUT2D eigenvalue weighted by atomic mass is 19.1. The number of nitrogens with one attached hydrogen (secondary N) is 1. The van der Waals surface area contributed by atoms with Gasteiger partial charge in [0.2, 0.25) is 0 Å². The van der Waals surface area contributed by atoms with Crippen molar-refractivity contribution in [1.82, 2.24) is 20.0 Å². The standard InChI is InChI=1S/C18H25FN4O2/c1-4-22(5-2)8-9-23(18(25)17-10-13(3)20-21-17)12-14-6-7-15(24)11-16(14)19/h6-7,10-11,24H,4-5,8-9,12H2,1-3H3,(H,20,21).